The minimum absolute atomic E-state index is 0. The van der Waals surface area contributed by atoms with E-state index in [-0.39, 0.29) is 18.3 Å². The number of likely N-dealkylation sites (N-methyl/N-ethyl adjacent to an activating group) is 1. The molecule has 1 aromatic carbocycles. The van der Waals surface area contributed by atoms with Crippen LogP contribution in [0.15, 0.2) is 18.2 Å². The molecule has 2 rings (SSSR count). The van der Waals surface area contributed by atoms with Crippen molar-refractivity contribution < 1.29 is 4.79 Å². The zero-order valence-corrected chi connectivity index (χ0v) is 13.7. The Morgan fingerprint density at radius 3 is 2.83 bits per heavy atom. The van der Waals surface area contributed by atoms with Gasteiger partial charge in [-0.1, -0.05) is 11.6 Å². The lowest BCUT2D eigenvalue weighted by Crippen LogP contribution is -2.38. The number of carbonyl (C=O) groups excluding carboxylic acids is 1. The van der Waals surface area contributed by atoms with Crippen molar-refractivity contribution in [2.24, 2.45) is 0 Å². The van der Waals surface area contributed by atoms with Gasteiger partial charge in [0, 0.05) is 28.8 Å². The molecule has 6 heteroatoms. The molecular weight excluding hydrogens is 386 g/mol. The second kappa shape index (κ2) is 6.93. The number of hydrogen-bond acceptors (Lipinski definition) is 2. The summed E-state index contributed by atoms with van der Waals surface area (Å²) in [6, 6.07) is 5.73. The number of benzene rings is 1. The molecule has 1 aromatic rings. The molecule has 0 spiro atoms. The molecular formula is C12H15Cl2IN2O. The first-order valence-corrected chi connectivity index (χ1v) is 6.98. The highest BCUT2D eigenvalue weighted by Crippen LogP contribution is 2.21. The minimum Gasteiger partial charge on any atom is -0.337 e. The summed E-state index contributed by atoms with van der Waals surface area (Å²) in [5, 5.41) is 3.89. The lowest BCUT2D eigenvalue weighted by atomic mass is 10.1. The molecule has 1 amide bonds. The van der Waals surface area contributed by atoms with Gasteiger partial charge in [-0.15, -0.1) is 12.4 Å². The molecule has 0 aliphatic carbocycles. The van der Waals surface area contributed by atoms with Crippen LogP contribution in [0.3, 0.4) is 0 Å². The Bertz CT molecular complexity index is 436. The summed E-state index contributed by atoms with van der Waals surface area (Å²) >= 11 is 8.18. The maximum absolute atomic E-state index is 12.2. The molecule has 0 saturated carbocycles. The number of nitrogens with one attached hydrogen (secondary N) is 1. The predicted octanol–water partition coefficient (Wildman–Crippen LogP) is 2.80. The lowest BCUT2D eigenvalue weighted by Gasteiger charge is -2.23. The molecule has 1 atom stereocenters. The average molecular weight is 401 g/mol. The topological polar surface area (TPSA) is 32.3 Å². The van der Waals surface area contributed by atoms with Crippen molar-refractivity contribution in [3.8, 4) is 0 Å². The Morgan fingerprint density at radius 1 is 1.56 bits per heavy atom. The molecule has 0 radical (unpaired) electrons. The van der Waals surface area contributed by atoms with Gasteiger partial charge in [-0.2, -0.15) is 0 Å². The van der Waals surface area contributed by atoms with Crippen LogP contribution in [0, 0.1) is 3.57 Å². The van der Waals surface area contributed by atoms with Crippen molar-refractivity contribution in [2.75, 3.05) is 20.1 Å². The largest absolute Gasteiger partial charge is 0.337 e. The highest BCUT2D eigenvalue weighted by molar-refractivity contribution is 14.1. The summed E-state index contributed by atoms with van der Waals surface area (Å²) in [5.74, 6) is 0.0389. The summed E-state index contributed by atoms with van der Waals surface area (Å²) in [5.41, 5.74) is 0.657. The van der Waals surface area contributed by atoms with Crippen molar-refractivity contribution in [1.29, 1.82) is 0 Å². The van der Waals surface area contributed by atoms with E-state index in [1.54, 1.807) is 11.0 Å². The zero-order chi connectivity index (χ0) is 12.4. The van der Waals surface area contributed by atoms with Gasteiger partial charge in [-0.25, -0.2) is 0 Å². The van der Waals surface area contributed by atoms with Gasteiger partial charge in [0.2, 0.25) is 0 Å². The van der Waals surface area contributed by atoms with E-state index in [4.69, 9.17) is 11.6 Å². The average Bonchev–Trinajstić information content (AvgIpc) is 2.84. The van der Waals surface area contributed by atoms with E-state index in [0.717, 1.165) is 23.1 Å². The molecule has 100 valence electrons. The number of carbonyl (C=O) groups is 1. The molecule has 18 heavy (non-hydrogen) atoms. The van der Waals surface area contributed by atoms with Crippen molar-refractivity contribution >= 4 is 52.5 Å². The summed E-state index contributed by atoms with van der Waals surface area (Å²) < 4.78 is 0.964. The SMILES string of the molecule is CN(C(=O)c1ccc(I)c(Cl)c1)C1CCNC1.Cl. The van der Waals surface area contributed by atoms with E-state index in [9.17, 15) is 4.79 Å². The standard InChI is InChI=1S/C12H14ClIN2O.ClH/c1-16(9-4-5-15-7-9)12(17)8-2-3-11(14)10(13)6-8;/h2-3,6,9,15H,4-5,7H2,1H3;1H. The van der Waals surface area contributed by atoms with Gasteiger partial charge in [0.25, 0.3) is 5.91 Å². The summed E-state index contributed by atoms with van der Waals surface area (Å²) in [4.78, 5) is 14.0. The molecule has 1 saturated heterocycles. The van der Waals surface area contributed by atoms with E-state index in [1.807, 2.05) is 19.2 Å². The van der Waals surface area contributed by atoms with Crippen LogP contribution in [0.5, 0.6) is 0 Å². The Balaban J connectivity index is 0.00000162. The van der Waals surface area contributed by atoms with Crippen molar-refractivity contribution in [2.45, 2.75) is 12.5 Å². The summed E-state index contributed by atoms with van der Waals surface area (Å²) in [6.45, 7) is 1.86. The van der Waals surface area contributed by atoms with E-state index in [1.165, 1.54) is 0 Å². The first-order chi connectivity index (χ1) is 8.09. The number of nitrogens with zero attached hydrogens (tertiary/aromatic N) is 1. The minimum atomic E-state index is 0. The first-order valence-electron chi connectivity index (χ1n) is 5.52. The molecule has 1 aliphatic rings. The van der Waals surface area contributed by atoms with Crippen molar-refractivity contribution in [3.63, 3.8) is 0 Å². The number of rotatable bonds is 2. The third kappa shape index (κ3) is 3.50. The maximum atomic E-state index is 12.2. The quantitative estimate of drug-likeness (QED) is 0.774. The molecule has 1 N–H and O–H groups in total. The second-order valence-electron chi connectivity index (χ2n) is 4.19. The fourth-order valence-electron chi connectivity index (χ4n) is 1.97. The Kier molecular flexibility index (Phi) is 6.17. The maximum Gasteiger partial charge on any atom is 0.253 e. The monoisotopic (exact) mass is 400 g/mol. The zero-order valence-electron chi connectivity index (χ0n) is 9.95. The third-order valence-electron chi connectivity index (χ3n) is 3.07. The molecule has 1 aliphatic heterocycles. The van der Waals surface area contributed by atoms with E-state index in [2.05, 4.69) is 27.9 Å². The van der Waals surface area contributed by atoms with E-state index < -0.39 is 0 Å². The molecule has 0 aromatic heterocycles. The van der Waals surface area contributed by atoms with Crippen LogP contribution in [0.1, 0.15) is 16.8 Å². The van der Waals surface area contributed by atoms with Gasteiger partial charge in [-0.05, 0) is 53.8 Å². The van der Waals surface area contributed by atoms with Gasteiger partial charge in [0.15, 0.2) is 0 Å². The van der Waals surface area contributed by atoms with Crippen LogP contribution in [0.25, 0.3) is 0 Å². The molecule has 1 unspecified atom stereocenters. The van der Waals surface area contributed by atoms with Crippen LogP contribution < -0.4 is 5.32 Å². The highest BCUT2D eigenvalue weighted by Gasteiger charge is 2.24. The molecule has 1 fully saturated rings. The Morgan fingerprint density at radius 2 is 2.28 bits per heavy atom. The fourth-order valence-corrected chi connectivity index (χ4v) is 2.48. The second-order valence-corrected chi connectivity index (χ2v) is 5.76. The van der Waals surface area contributed by atoms with Crippen LogP contribution >= 0.6 is 46.6 Å². The summed E-state index contributed by atoms with van der Waals surface area (Å²) in [6.07, 6.45) is 1.01. The Hall–Kier alpha value is -0.0400. The van der Waals surface area contributed by atoms with Crippen LogP contribution in [-0.2, 0) is 0 Å². The number of hydrogen-bond donors (Lipinski definition) is 1. The Labute approximate surface area is 132 Å². The van der Waals surface area contributed by atoms with Gasteiger partial charge in [0.1, 0.15) is 0 Å². The summed E-state index contributed by atoms with van der Waals surface area (Å²) in [7, 11) is 1.85. The van der Waals surface area contributed by atoms with Crippen LogP contribution in [0.4, 0.5) is 0 Å². The first kappa shape index (κ1) is 16.0. The fraction of sp³-hybridized carbons (Fsp3) is 0.417. The normalized spacial score (nSPS) is 18.3. The molecule has 0 bridgehead atoms. The van der Waals surface area contributed by atoms with Gasteiger partial charge in [-0.3, -0.25) is 4.79 Å². The molecule has 1 heterocycles. The van der Waals surface area contributed by atoms with E-state index >= 15 is 0 Å². The van der Waals surface area contributed by atoms with Crippen molar-refractivity contribution in [1.82, 2.24) is 10.2 Å². The predicted molar refractivity (Wildman–Crippen MR) is 84.8 cm³/mol. The van der Waals surface area contributed by atoms with Crippen LogP contribution in [0.2, 0.25) is 5.02 Å². The number of halogens is 3. The number of amides is 1. The van der Waals surface area contributed by atoms with Gasteiger partial charge in [0.05, 0.1) is 5.02 Å². The smallest absolute Gasteiger partial charge is 0.253 e. The van der Waals surface area contributed by atoms with Crippen molar-refractivity contribution in [3.05, 3.63) is 32.4 Å². The van der Waals surface area contributed by atoms with E-state index in [0.29, 0.717) is 16.6 Å². The van der Waals surface area contributed by atoms with Gasteiger partial charge < -0.3 is 10.2 Å². The van der Waals surface area contributed by atoms with Gasteiger partial charge >= 0.3 is 0 Å². The highest BCUT2D eigenvalue weighted by atomic mass is 127. The van der Waals surface area contributed by atoms with Crippen LogP contribution in [-0.4, -0.2) is 37.0 Å². The lowest BCUT2D eigenvalue weighted by molar-refractivity contribution is 0.0744. The third-order valence-corrected chi connectivity index (χ3v) is 4.64. The molecule has 3 nitrogen and oxygen atoms in total.